The first-order chi connectivity index (χ1) is 7.58. The van der Waals surface area contributed by atoms with Gasteiger partial charge in [0.05, 0.1) is 11.8 Å². The van der Waals surface area contributed by atoms with Crippen molar-refractivity contribution in [3.63, 3.8) is 0 Å². The zero-order valence-electron chi connectivity index (χ0n) is 8.55. The first kappa shape index (κ1) is 12.4. The van der Waals surface area contributed by atoms with Gasteiger partial charge in [0.25, 0.3) is 0 Å². The Balaban J connectivity index is 2.94. The molecule has 1 amide bonds. The lowest BCUT2D eigenvalue weighted by Gasteiger charge is -2.11. The van der Waals surface area contributed by atoms with Crippen LogP contribution in [0, 0.1) is 0 Å². The number of nitrogens with two attached hydrogens (primary N) is 1. The summed E-state index contributed by atoms with van der Waals surface area (Å²) < 4.78 is 0. The van der Waals surface area contributed by atoms with E-state index in [1.165, 1.54) is 18.2 Å². The van der Waals surface area contributed by atoms with Crippen LogP contribution in [0.5, 0.6) is 5.75 Å². The highest BCUT2D eigenvalue weighted by molar-refractivity contribution is 5.93. The topological polar surface area (TPSA) is 116 Å². The van der Waals surface area contributed by atoms with E-state index in [2.05, 4.69) is 5.32 Å². The van der Waals surface area contributed by atoms with E-state index in [0.29, 0.717) is 5.56 Å². The number of hydrogen-bond acceptors (Lipinski definition) is 5. The molecule has 0 aliphatic heterocycles. The van der Waals surface area contributed by atoms with Gasteiger partial charge in [0.1, 0.15) is 12.4 Å². The van der Waals surface area contributed by atoms with Crippen LogP contribution in [0.15, 0.2) is 18.2 Å². The van der Waals surface area contributed by atoms with Crippen molar-refractivity contribution < 1.29 is 20.1 Å². The first-order valence-electron chi connectivity index (χ1n) is 4.70. The third-order valence-corrected chi connectivity index (χ3v) is 2.05. The number of carbonyl (C=O) groups excluding carboxylic acids is 1. The molecule has 16 heavy (non-hydrogen) atoms. The molecule has 0 saturated heterocycles. The van der Waals surface area contributed by atoms with Crippen molar-refractivity contribution in [3.05, 3.63) is 23.8 Å². The molecule has 6 heteroatoms. The number of carbonyl (C=O) groups is 1. The maximum Gasteiger partial charge on any atom is 0.250 e. The van der Waals surface area contributed by atoms with E-state index in [1.54, 1.807) is 0 Å². The number of amides is 1. The van der Waals surface area contributed by atoms with Crippen molar-refractivity contribution in [3.8, 4) is 5.75 Å². The smallest absolute Gasteiger partial charge is 0.250 e. The highest BCUT2D eigenvalue weighted by Gasteiger charge is 2.10. The first-order valence-corrected chi connectivity index (χ1v) is 4.70. The molecule has 0 unspecified atom stereocenters. The second kappa shape index (κ2) is 5.45. The fourth-order valence-electron chi connectivity index (χ4n) is 1.19. The van der Waals surface area contributed by atoms with Crippen LogP contribution in [0.25, 0.3) is 0 Å². The number of phenolic OH excluding ortho intramolecular Hbond substituents is 1. The van der Waals surface area contributed by atoms with E-state index in [9.17, 15) is 15.0 Å². The van der Waals surface area contributed by atoms with Gasteiger partial charge in [0.15, 0.2) is 0 Å². The molecule has 1 aromatic rings. The monoisotopic (exact) mass is 226 g/mol. The van der Waals surface area contributed by atoms with Gasteiger partial charge in [-0.05, 0) is 17.7 Å². The summed E-state index contributed by atoms with van der Waals surface area (Å²) in [4.78, 5) is 10.9. The van der Waals surface area contributed by atoms with Crippen LogP contribution in [0.3, 0.4) is 0 Å². The van der Waals surface area contributed by atoms with Crippen molar-refractivity contribution >= 4 is 11.6 Å². The van der Waals surface area contributed by atoms with E-state index in [0.717, 1.165) is 0 Å². The molecule has 0 aliphatic carbocycles. The van der Waals surface area contributed by atoms with Gasteiger partial charge >= 0.3 is 0 Å². The third kappa shape index (κ3) is 2.93. The Morgan fingerprint density at radius 3 is 2.75 bits per heavy atom. The largest absolute Gasteiger partial charge is 0.506 e. The van der Waals surface area contributed by atoms with Gasteiger partial charge in [-0.1, -0.05) is 6.07 Å². The number of anilines is 1. The van der Waals surface area contributed by atoms with Crippen LogP contribution in [-0.4, -0.2) is 34.4 Å². The summed E-state index contributed by atoms with van der Waals surface area (Å²) in [6.45, 7) is -0.638. The Hall–Kier alpha value is -1.63. The standard InChI is InChI=1S/C10H14N2O4/c11-4-9(15)6-1-2-8(14)7(3-6)12-10(16)5-13/h1-3,9,13-15H,4-5,11H2,(H,12,16)/t9-/m0/s1. The molecule has 0 radical (unpaired) electrons. The van der Waals surface area contributed by atoms with Crippen molar-refractivity contribution in [2.45, 2.75) is 6.10 Å². The lowest BCUT2D eigenvalue weighted by molar-refractivity contribution is -0.118. The predicted octanol–water partition coefficient (Wildman–Crippen LogP) is -0.685. The quantitative estimate of drug-likeness (QED) is 0.436. The number of nitrogens with one attached hydrogen (secondary N) is 1. The Bertz CT molecular complexity index is 381. The van der Waals surface area contributed by atoms with E-state index >= 15 is 0 Å². The van der Waals surface area contributed by atoms with Gasteiger partial charge in [0, 0.05) is 6.54 Å². The average Bonchev–Trinajstić information content (AvgIpc) is 2.30. The number of benzene rings is 1. The molecule has 1 aromatic carbocycles. The molecule has 1 atom stereocenters. The average molecular weight is 226 g/mol. The van der Waals surface area contributed by atoms with Crippen LogP contribution in [-0.2, 0) is 4.79 Å². The summed E-state index contributed by atoms with van der Waals surface area (Å²) in [5, 5.41) is 29.7. The maximum absolute atomic E-state index is 10.9. The van der Waals surface area contributed by atoms with Gasteiger partial charge in [-0.2, -0.15) is 0 Å². The highest BCUT2D eigenvalue weighted by atomic mass is 16.3. The minimum atomic E-state index is -0.856. The lowest BCUT2D eigenvalue weighted by atomic mass is 10.1. The minimum Gasteiger partial charge on any atom is -0.506 e. The molecule has 1 rings (SSSR count). The van der Waals surface area contributed by atoms with Gasteiger partial charge in [-0.3, -0.25) is 4.79 Å². The Morgan fingerprint density at radius 1 is 1.50 bits per heavy atom. The van der Waals surface area contributed by atoms with Crippen LogP contribution >= 0.6 is 0 Å². The van der Waals surface area contributed by atoms with Gasteiger partial charge in [0.2, 0.25) is 5.91 Å². The summed E-state index contributed by atoms with van der Waals surface area (Å²) in [6, 6.07) is 4.24. The molecule has 0 saturated carbocycles. The zero-order chi connectivity index (χ0) is 12.1. The van der Waals surface area contributed by atoms with E-state index in [1.807, 2.05) is 0 Å². The number of hydrogen-bond donors (Lipinski definition) is 5. The molecular formula is C10H14N2O4. The number of phenols is 1. The number of aliphatic hydroxyl groups excluding tert-OH is 2. The molecular weight excluding hydrogens is 212 g/mol. The van der Waals surface area contributed by atoms with Crippen LogP contribution in [0.4, 0.5) is 5.69 Å². The SMILES string of the molecule is NC[C@H](O)c1ccc(O)c(NC(=O)CO)c1. The molecule has 0 heterocycles. The molecule has 0 aromatic heterocycles. The van der Waals surface area contributed by atoms with Gasteiger partial charge in [-0.25, -0.2) is 0 Å². The lowest BCUT2D eigenvalue weighted by Crippen LogP contribution is -2.16. The normalized spacial score (nSPS) is 12.2. The number of aromatic hydroxyl groups is 1. The summed E-state index contributed by atoms with van der Waals surface area (Å²) in [7, 11) is 0. The van der Waals surface area contributed by atoms with E-state index in [4.69, 9.17) is 10.8 Å². The van der Waals surface area contributed by atoms with Crippen LogP contribution in [0.2, 0.25) is 0 Å². The Labute approximate surface area is 92.3 Å². The van der Waals surface area contributed by atoms with Crippen molar-refractivity contribution in [2.24, 2.45) is 5.73 Å². The van der Waals surface area contributed by atoms with Crippen molar-refractivity contribution in [1.29, 1.82) is 0 Å². The van der Waals surface area contributed by atoms with Crippen LogP contribution in [0.1, 0.15) is 11.7 Å². The second-order valence-electron chi connectivity index (χ2n) is 3.23. The predicted molar refractivity (Wildman–Crippen MR) is 57.8 cm³/mol. The Morgan fingerprint density at radius 2 is 2.19 bits per heavy atom. The maximum atomic E-state index is 10.9. The highest BCUT2D eigenvalue weighted by Crippen LogP contribution is 2.26. The molecule has 88 valence electrons. The molecule has 0 spiro atoms. The number of aliphatic hydroxyl groups is 2. The Kier molecular flexibility index (Phi) is 4.24. The third-order valence-electron chi connectivity index (χ3n) is 2.05. The van der Waals surface area contributed by atoms with E-state index in [-0.39, 0.29) is 18.0 Å². The second-order valence-corrected chi connectivity index (χ2v) is 3.23. The van der Waals surface area contributed by atoms with Crippen LogP contribution < -0.4 is 11.1 Å². The molecule has 0 aliphatic rings. The van der Waals surface area contributed by atoms with Crippen molar-refractivity contribution in [2.75, 3.05) is 18.5 Å². The summed E-state index contributed by atoms with van der Waals surface area (Å²) >= 11 is 0. The summed E-state index contributed by atoms with van der Waals surface area (Å²) in [6.07, 6.45) is -0.856. The van der Waals surface area contributed by atoms with Gasteiger partial charge < -0.3 is 26.4 Å². The molecule has 6 N–H and O–H groups in total. The molecule has 6 nitrogen and oxygen atoms in total. The van der Waals surface area contributed by atoms with Gasteiger partial charge in [-0.15, -0.1) is 0 Å². The van der Waals surface area contributed by atoms with Crippen molar-refractivity contribution in [1.82, 2.24) is 0 Å². The zero-order valence-corrected chi connectivity index (χ0v) is 8.55. The molecule has 0 fully saturated rings. The summed E-state index contributed by atoms with van der Waals surface area (Å²) in [5.41, 5.74) is 5.89. The fourth-order valence-corrected chi connectivity index (χ4v) is 1.19. The minimum absolute atomic E-state index is 0.0398. The molecule has 0 bridgehead atoms. The van der Waals surface area contributed by atoms with E-state index < -0.39 is 18.6 Å². The number of rotatable bonds is 4. The summed E-state index contributed by atoms with van der Waals surface area (Å²) in [5.74, 6) is -0.788. The fraction of sp³-hybridized carbons (Fsp3) is 0.300.